The van der Waals surface area contributed by atoms with Gasteiger partial charge < -0.3 is 0 Å². The van der Waals surface area contributed by atoms with Crippen LogP contribution in [0.2, 0.25) is 0 Å². The SMILES string of the molecule is CS(=O)(=O)c1c(F)cc(-c2cscc2-c2cccnc2)cc1F. The largest absolute Gasteiger partial charge is 0.264 e. The van der Waals surface area contributed by atoms with Crippen molar-refractivity contribution in [2.24, 2.45) is 0 Å². The van der Waals surface area contributed by atoms with Crippen molar-refractivity contribution >= 4 is 21.2 Å². The number of sulfone groups is 1. The summed E-state index contributed by atoms with van der Waals surface area (Å²) in [7, 11) is -3.97. The molecule has 2 heterocycles. The Morgan fingerprint density at radius 1 is 1.04 bits per heavy atom. The Bertz CT molecular complexity index is 944. The van der Waals surface area contributed by atoms with Gasteiger partial charge in [0.15, 0.2) is 9.84 Å². The number of aromatic nitrogens is 1. The molecule has 0 aliphatic carbocycles. The van der Waals surface area contributed by atoms with Gasteiger partial charge in [0.05, 0.1) is 0 Å². The van der Waals surface area contributed by atoms with Crippen LogP contribution in [0.5, 0.6) is 0 Å². The molecule has 0 N–H and O–H groups in total. The van der Waals surface area contributed by atoms with Crippen molar-refractivity contribution in [2.45, 2.75) is 4.90 Å². The highest BCUT2D eigenvalue weighted by Gasteiger charge is 2.22. The highest BCUT2D eigenvalue weighted by molar-refractivity contribution is 7.90. The van der Waals surface area contributed by atoms with E-state index in [-0.39, 0.29) is 5.56 Å². The first-order valence-corrected chi connectivity index (χ1v) is 9.37. The molecular weight excluding hydrogens is 340 g/mol. The Morgan fingerprint density at radius 2 is 1.65 bits per heavy atom. The third-order valence-electron chi connectivity index (χ3n) is 3.31. The van der Waals surface area contributed by atoms with Crippen LogP contribution in [-0.4, -0.2) is 19.7 Å². The standard InChI is InChI=1S/C16H11F2NO2S2/c1-23(20,21)16-14(17)5-11(6-15(16)18)13-9-22-8-12(13)10-3-2-4-19-7-10/h2-9H,1H3. The molecule has 3 nitrogen and oxygen atoms in total. The Balaban J connectivity index is 2.17. The first-order valence-electron chi connectivity index (χ1n) is 6.54. The van der Waals surface area contributed by atoms with Crippen LogP contribution in [0, 0.1) is 11.6 Å². The molecule has 0 aliphatic rings. The lowest BCUT2D eigenvalue weighted by Gasteiger charge is -2.08. The lowest BCUT2D eigenvalue weighted by atomic mass is 10.00. The van der Waals surface area contributed by atoms with Crippen molar-refractivity contribution in [3.63, 3.8) is 0 Å². The second-order valence-corrected chi connectivity index (χ2v) is 7.68. The topological polar surface area (TPSA) is 47.0 Å². The number of hydrogen-bond donors (Lipinski definition) is 0. The van der Waals surface area contributed by atoms with E-state index in [1.54, 1.807) is 23.8 Å². The normalized spacial score (nSPS) is 11.6. The van der Waals surface area contributed by atoms with E-state index >= 15 is 0 Å². The van der Waals surface area contributed by atoms with Crippen LogP contribution in [-0.2, 0) is 9.84 Å². The summed E-state index contributed by atoms with van der Waals surface area (Å²) in [6, 6.07) is 5.70. The molecule has 0 saturated carbocycles. The smallest absolute Gasteiger partial charge is 0.181 e. The third kappa shape index (κ3) is 3.02. The Kier molecular flexibility index (Phi) is 3.99. The van der Waals surface area contributed by atoms with Gasteiger partial charge in [0.2, 0.25) is 0 Å². The van der Waals surface area contributed by atoms with Gasteiger partial charge in [-0.2, -0.15) is 11.3 Å². The number of hydrogen-bond acceptors (Lipinski definition) is 4. The van der Waals surface area contributed by atoms with Gasteiger partial charge in [-0.05, 0) is 34.5 Å². The molecule has 0 aliphatic heterocycles. The molecule has 0 unspecified atom stereocenters. The van der Waals surface area contributed by atoms with E-state index in [0.717, 1.165) is 29.5 Å². The Labute approximate surface area is 136 Å². The molecule has 3 aromatic rings. The molecule has 118 valence electrons. The molecular formula is C16H11F2NO2S2. The van der Waals surface area contributed by atoms with E-state index in [1.807, 2.05) is 11.4 Å². The number of thiophene rings is 1. The molecule has 0 spiro atoms. The van der Waals surface area contributed by atoms with E-state index in [9.17, 15) is 17.2 Å². The maximum atomic E-state index is 14.1. The molecule has 1 aromatic carbocycles. The van der Waals surface area contributed by atoms with Crippen LogP contribution in [0.25, 0.3) is 22.3 Å². The fraction of sp³-hybridized carbons (Fsp3) is 0.0625. The molecule has 0 fully saturated rings. The number of pyridine rings is 1. The third-order valence-corrected chi connectivity index (χ3v) is 5.19. The summed E-state index contributed by atoms with van der Waals surface area (Å²) in [5, 5.41) is 3.61. The van der Waals surface area contributed by atoms with Crippen LogP contribution >= 0.6 is 11.3 Å². The lowest BCUT2D eigenvalue weighted by Crippen LogP contribution is -2.04. The van der Waals surface area contributed by atoms with Crippen molar-refractivity contribution < 1.29 is 17.2 Å². The van der Waals surface area contributed by atoms with Gasteiger partial charge in [0.1, 0.15) is 16.5 Å². The average molecular weight is 351 g/mol. The van der Waals surface area contributed by atoms with Gasteiger partial charge in [-0.1, -0.05) is 6.07 Å². The summed E-state index contributed by atoms with van der Waals surface area (Å²) >= 11 is 1.39. The summed E-state index contributed by atoms with van der Waals surface area (Å²) < 4.78 is 51.2. The average Bonchev–Trinajstić information content (AvgIpc) is 2.95. The molecule has 3 rings (SSSR count). The van der Waals surface area contributed by atoms with Crippen molar-refractivity contribution in [1.29, 1.82) is 0 Å². The van der Waals surface area contributed by atoms with Gasteiger partial charge in [0, 0.05) is 35.3 Å². The van der Waals surface area contributed by atoms with E-state index in [0.29, 0.717) is 5.56 Å². The maximum absolute atomic E-state index is 14.1. The van der Waals surface area contributed by atoms with Crippen molar-refractivity contribution in [3.05, 3.63) is 59.1 Å². The van der Waals surface area contributed by atoms with E-state index in [1.165, 1.54) is 11.3 Å². The quantitative estimate of drug-likeness (QED) is 0.712. The van der Waals surface area contributed by atoms with E-state index in [2.05, 4.69) is 4.98 Å². The second-order valence-electron chi connectivity index (χ2n) is 4.98. The number of rotatable bonds is 3. The highest BCUT2D eigenvalue weighted by Crippen LogP contribution is 2.36. The predicted molar refractivity (Wildman–Crippen MR) is 86.0 cm³/mol. The molecule has 2 aromatic heterocycles. The summed E-state index contributed by atoms with van der Waals surface area (Å²) in [5.74, 6) is -2.18. The van der Waals surface area contributed by atoms with Crippen LogP contribution < -0.4 is 0 Å². The zero-order valence-corrected chi connectivity index (χ0v) is 13.6. The first-order chi connectivity index (χ1) is 10.9. The number of nitrogens with zero attached hydrogens (tertiary/aromatic N) is 1. The van der Waals surface area contributed by atoms with Crippen molar-refractivity contribution in [1.82, 2.24) is 4.98 Å². The fourth-order valence-corrected chi connectivity index (χ4v) is 4.03. The maximum Gasteiger partial charge on any atom is 0.181 e. The van der Waals surface area contributed by atoms with Gasteiger partial charge in [0.25, 0.3) is 0 Å². The predicted octanol–water partition coefficient (Wildman–Crippen LogP) is 4.16. The molecule has 0 bridgehead atoms. The van der Waals surface area contributed by atoms with E-state index < -0.39 is 26.4 Å². The zero-order valence-electron chi connectivity index (χ0n) is 12.0. The van der Waals surface area contributed by atoms with Crippen molar-refractivity contribution in [2.75, 3.05) is 6.26 Å². The molecule has 7 heteroatoms. The minimum Gasteiger partial charge on any atom is -0.264 e. The number of benzene rings is 1. The number of halogens is 2. The van der Waals surface area contributed by atoms with Crippen LogP contribution in [0.4, 0.5) is 8.78 Å². The molecule has 0 saturated heterocycles. The Morgan fingerprint density at radius 3 is 2.17 bits per heavy atom. The lowest BCUT2D eigenvalue weighted by molar-refractivity contribution is 0.522. The fourth-order valence-electron chi connectivity index (χ4n) is 2.34. The Hall–Kier alpha value is -2.12. The molecule has 0 atom stereocenters. The van der Waals surface area contributed by atoms with Gasteiger partial charge in [-0.15, -0.1) is 0 Å². The van der Waals surface area contributed by atoms with Crippen molar-refractivity contribution in [3.8, 4) is 22.3 Å². The van der Waals surface area contributed by atoms with Crippen LogP contribution in [0.1, 0.15) is 0 Å². The first kappa shape index (κ1) is 15.8. The minimum atomic E-state index is -3.97. The highest BCUT2D eigenvalue weighted by atomic mass is 32.2. The van der Waals surface area contributed by atoms with Gasteiger partial charge >= 0.3 is 0 Å². The monoisotopic (exact) mass is 351 g/mol. The zero-order chi connectivity index (χ0) is 16.6. The summed E-state index contributed by atoms with van der Waals surface area (Å²) in [6.45, 7) is 0. The summed E-state index contributed by atoms with van der Waals surface area (Å²) in [6.07, 6.45) is 4.07. The van der Waals surface area contributed by atoms with Crippen LogP contribution in [0.3, 0.4) is 0 Å². The summed E-state index contributed by atoms with van der Waals surface area (Å²) in [5.41, 5.74) is 2.51. The van der Waals surface area contributed by atoms with Gasteiger partial charge in [-0.3, -0.25) is 4.98 Å². The van der Waals surface area contributed by atoms with E-state index in [4.69, 9.17) is 0 Å². The second kappa shape index (κ2) is 5.82. The summed E-state index contributed by atoms with van der Waals surface area (Å²) in [4.78, 5) is 3.13. The molecule has 0 radical (unpaired) electrons. The van der Waals surface area contributed by atoms with Crippen LogP contribution in [0.15, 0.2) is 52.3 Å². The minimum absolute atomic E-state index is 0.285. The molecule has 0 amide bonds. The molecule has 23 heavy (non-hydrogen) atoms. The van der Waals surface area contributed by atoms with Gasteiger partial charge in [-0.25, -0.2) is 17.2 Å².